The summed E-state index contributed by atoms with van der Waals surface area (Å²) in [5, 5.41) is 2.62. The minimum atomic E-state index is -3.78. The van der Waals surface area contributed by atoms with Gasteiger partial charge in [-0.25, -0.2) is 12.8 Å². The second kappa shape index (κ2) is 6.57. The minimum absolute atomic E-state index is 0.0586. The van der Waals surface area contributed by atoms with E-state index < -0.39 is 15.8 Å². The molecular weight excluding hydrogens is 307 g/mol. The zero-order valence-corrected chi connectivity index (χ0v) is 12.7. The van der Waals surface area contributed by atoms with Crippen LogP contribution in [-0.2, 0) is 21.4 Å². The number of halogens is 1. The molecule has 5 nitrogen and oxygen atoms in total. The van der Waals surface area contributed by atoms with Crippen LogP contribution in [0.2, 0.25) is 0 Å². The van der Waals surface area contributed by atoms with Crippen molar-refractivity contribution in [2.75, 3.05) is 4.72 Å². The number of rotatable bonds is 5. The topological polar surface area (TPSA) is 75.3 Å². The lowest BCUT2D eigenvalue weighted by atomic mass is 10.2. The first kappa shape index (κ1) is 16.0. The molecule has 0 radical (unpaired) electrons. The van der Waals surface area contributed by atoms with Gasteiger partial charge in [0.05, 0.1) is 10.6 Å². The van der Waals surface area contributed by atoms with Crippen LogP contribution < -0.4 is 10.0 Å². The fourth-order valence-electron chi connectivity index (χ4n) is 1.78. The van der Waals surface area contributed by atoms with Crippen LogP contribution in [0.4, 0.5) is 10.1 Å². The summed E-state index contributed by atoms with van der Waals surface area (Å²) in [6.07, 6.45) is 0. The summed E-state index contributed by atoms with van der Waals surface area (Å²) < 4.78 is 39.8. The molecule has 0 aliphatic rings. The fourth-order valence-corrected chi connectivity index (χ4v) is 2.83. The standard InChI is InChI=1S/C15H15FN2O3S/c1-11(19)17-10-12-5-7-15(8-6-12)22(20,21)18-14-4-2-3-13(16)9-14/h2-9,18H,10H2,1H3,(H,17,19). The minimum Gasteiger partial charge on any atom is -0.352 e. The molecule has 2 aromatic carbocycles. The number of benzene rings is 2. The first-order valence-electron chi connectivity index (χ1n) is 6.48. The number of carbonyl (C=O) groups excluding carboxylic acids is 1. The maximum absolute atomic E-state index is 13.1. The predicted octanol–water partition coefficient (Wildman–Crippen LogP) is 2.26. The first-order valence-corrected chi connectivity index (χ1v) is 7.97. The van der Waals surface area contributed by atoms with Crippen LogP contribution in [0.3, 0.4) is 0 Å². The monoisotopic (exact) mass is 322 g/mol. The Kier molecular flexibility index (Phi) is 4.77. The van der Waals surface area contributed by atoms with Crippen LogP contribution in [0.1, 0.15) is 12.5 Å². The lowest BCUT2D eigenvalue weighted by Gasteiger charge is -2.09. The van der Waals surface area contributed by atoms with Gasteiger partial charge in [0.15, 0.2) is 0 Å². The van der Waals surface area contributed by atoms with E-state index in [1.807, 2.05) is 0 Å². The highest BCUT2D eigenvalue weighted by molar-refractivity contribution is 7.92. The Morgan fingerprint density at radius 3 is 2.41 bits per heavy atom. The Balaban J connectivity index is 2.14. The molecule has 0 aromatic heterocycles. The first-order chi connectivity index (χ1) is 10.4. The molecule has 7 heteroatoms. The quantitative estimate of drug-likeness (QED) is 0.886. The number of anilines is 1. The molecule has 0 spiro atoms. The van der Waals surface area contributed by atoms with Gasteiger partial charge in [-0.1, -0.05) is 18.2 Å². The van der Waals surface area contributed by atoms with Gasteiger partial charge in [0.2, 0.25) is 5.91 Å². The van der Waals surface area contributed by atoms with E-state index in [4.69, 9.17) is 0 Å². The van der Waals surface area contributed by atoms with Gasteiger partial charge in [0, 0.05) is 13.5 Å². The molecule has 116 valence electrons. The van der Waals surface area contributed by atoms with E-state index in [-0.39, 0.29) is 16.5 Å². The number of nitrogens with one attached hydrogen (secondary N) is 2. The van der Waals surface area contributed by atoms with Crippen molar-refractivity contribution < 1.29 is 17.6 Å². The van der Waals surface area contributed by atoms with Crippen molar-refractivity contribution >= 4 is 21.6 Å². The highest BCUT2D eigenvalue weighted by Crippen LogP contribution is 2.17. The molecule has 22 heavy (non-hydrogen) atoms. The molecular formula is C15H15FN2O3S. The van der Waals surface area contributed by atoms with Gasteiger partial charge in [0.1, 0.15) is 5.82 Å². The van der Waals surface area contributed by atoms with Crippen molar-refractivity contribution in [3.63, 3.8) is 0 Å². The lowest BCUT2D eigenvalue weighted by Crippen LogP contribution is -2.19. The van der Waals surface area contributed by atoms with E-state index in [0.29, 0.717) is 6.54 Å². The third kappa shape index (κ3) is 4.29. The van der Waals surface area contributed by atoms with Gasteiger partial charge in [0.25, 0.3) is 10.0 Å². The molecule has 0 atom stereocenters. The maximum atomic E-state index is 13.1. The zero-order valence-electron chi connectivity index (χ0n) is 11.8. The zero-order chi connectivity index (χ0) is 16.2. The Morgan fingerprint density at radius 1 is 1.14 bits per heavy atom. The van der Waals surface area contributed by atoms with Crippen molar-refractivity contribution in [2.24, 2.45) is 0 Å². The van der Waals surface area contributed by atoms with Crippen LogP contribution in [0.25, 0.3) is 0 Å². The van der Waals surface area contributed by atoms with Crippen LogP contribution in [0, 0.1) is 5.82 Å². The van der Waals surface area contributed by atoms with E-state index >= 15 is 0 Å². The van der Waals surface area contributed by atoms with Crippen molar-refractivity contribution in [3.05, 3.63) is 59.9 Å². The Bertz CT molecular complexity index is 774. The molecule has 0 saturated carbocycles. The van der Waals surface area contributed by atoms with Crippen molar-refractivity contribution in [1.29, 1.82) is 0 Å². The predicted molar refractivity (Wildman–Crippen MR) is 81.2 cm³/mol. The van der Waals surface area contributed by atoms with Crippen molar-refractivity contribution in [1.82, 2.24) is 5.32 Å². The van der Waals surface area contributed by atoms with E-state index in [1.54, 1.807) is 12.1 Å². The Morgan fingerprint density at radius 2 is 1.82 bits per heavy atom. The Labute approximate surface area is 128 Å². The number of carbonyl (C=O) groups is 1. The maximum Gasteiger partial charge on any atom is 0.261 e. The number of hydrogen-bond acceptors (Lipinski definition) is 3. The second-order valence-electron chi connectivity index (χ2n) is 4.67. The summed E-state index contributed by atoms with van der Waals surface area (Å²) in [5.74, 6) is -0.685. The fraction of sp³-hybridized carbons (Fsp3) is 0.133. The lowest BCUT2D eigenvalue weighted by molar-refractivity contribution is -0.119. The molecule has 1 amide bonds. The second-order valence-corrected chi connectivity index (χ2v) is 6.35. The summed E-state index contributed by atoms with van der Waals surface area (Å²) >= 11 is 0. The number of sulfonamides is 1. The molecule has 0 aliphatic heterocycles. The van der Waals surface area contributed by atoms with Crippen molar-refractivity contribution in [2.45, 2.75) is 18.4 Å². The SMILES string of the molecule is CC(=O)NCc1ccc(S(=O)(=O)Nc2cccc(F)c2)cc1. The number of amides is 1. The largest absolute Gasteiger partial charge is 0.352 e. The normalized spacial score (nSPS) is 11.0. The molecule has 2 aromatic rings. The molecule has 0 fully saturated rings. The molecule has 0 heterocycles. The molecule has 0 bridgehead atoms. The molecule has 0 aliphatic carbocycles. The highest BCUT2D eigenvalue weighted by atomic mass is 32.2. The summed E-state index contributed by atoms with van der Waals surface area (Å²) in [6.45, 7) is 1.73. The third-order valence-electron chi connectivity index (χ3n) is 2.85. The number of hydrogen-bond donors (Lipinski definition) is 2. The van der Waals surface area contributed by atoms with Gasteiger partial charge >= 0.3 is 0 Å². The average molecular weight is 322 g/mol. The van der Waals surface area contributed by atoms with Crippen LogP contribution in [-0.4, -0.2) is 14.3 Å². The van der Waals surface area contributed by atoms with Gasteiger partial charge in [-0.15, -0.1) is 0 Å². The summed E-state index contributed by atoms with van der Waals surface area (Å²) in [5.41, 5.74) is 0.933. The smallest absolute Gasteiger partial charge is 0.261 e. The van der Waals surface area contributed by atoms with Crippen LogP contribution in [0.15, 0.2) is 53.4 Å². The van der Waals surface area contributed by atoms with E-state index in [1.165, 1.54) is 37.3 Å². The Hall–Kier alpha value is -2.41. The summed E-state index contributed by atoms with van der Waals surface area (Å²) in [7, 11) is -3.78. The third-order valence-corrected chi connectivity index (χ3v) is 4.25. The van der Waals surface area contributed by atoms with Crippen LogP contribution in [0.5, 0.6) is 0 Å². The summed E-state index contributed by atoms with van der Waals surface area (Å²) in [6, 6.07) is 11.3. The van der Waals surface area contributed by atoms with E-state index in [2.05, 4.69) is 10.0 Å². The van der Waals surface area contributed by atoms with E-state index in [9.17, 15) is 17.6 Å². The van der Waals surface area contributed by atoms with Gasteiger partial charge in [-0.3, -0.25) is 9.52 Å². The summed E-state index contributed by atoms with van der Waals surface area (Å²) in [4.78, 5) is 10.9. The van der Waals surface area contributed by atoms with Gasteiger partial charge in [-0.2, -0.15) is 0 Å². The highest BCUT2D eigenvalue weighted by Gasteiger charge is 2.14. The van der Waals surface area contributed by atoms with Gasteiger partial charge < -0.3 is 5.32 Å². The molecule has 0 saturated heterocycles. The van der Waals surface area contributed by atoms with Gasteiger partial charge in [-0.05, 0) is 35.9 Å². The van der Waals surface area contributed by atoms with Crippen LogP contribution >= 0.6 is 0 Å². The van der Waals surface area contributed by atoms with Crippen molar-refractivity contribution in [3.8, 4) is 0 Å². The molecule has 0 unspecified atom stereocenters. The molecule has 2 rings (SSSR count). The molecule has 2 N–H and O–H groups in total. The average Bonchev–Trinajstić information content (AvgIpc) is 2.45. The van der Waals surface area contributed by atoms with E-state index in [0.717, 1.165) is 11.6 Å².